The Morgan fingerprint density at radius 3 is 1.36 bits per heavy atom. The number of allylic oxidation sites excluding steroid dienone is 12. The largest absolute Gasteiger partial charge is 0.462 e. The van der Waals surface area contributed by atoms with Crippen molar-refractivity contribution in [1.82, 2.24) is 0 Å². The Morgan fingerprint density at radius 2 is 0.909 bits per heavy atom. The second-order valence-corrected chi connectivity index (χ2v) is 11.2. The van der Waals surface area contributed by atoms with Gasteiger partial charge in [0.25, 0.3) is 0 Å². The van der Waals surface area contributed by atoms with Crippen molar-refractivity contribution in [1.29, 1.82) is 0 Å². The van der Waals surface area contributed by atoms with Crippen molar-refractivity contribution in [3.8, 4) is 0 Å². The molecule has 250 valence electrons. The van der Waals surface area contributed by atoms with Crippen LogP contribution in [-0.2, 0) is 19.1 Å². The molecule has 44 heavy (non-hydrogen) atoms. The second kappa shape index (κ2) is 34.8. The molecular weight excluding hydrogens is 548 g/mol. The molecule has 0 rings (SSSR count). The Kier molecular flexibility index (Phi) is 32.7. The first-order valence-corrected chi connectivity index (χ1v) is 17.5. The number of aliphatic hydroxyl groups excluding tert-OH is 1. The third-order valence-corrected chi connectivity index (χ3v) is 7.00. The van der Waals surface area contributed by atoms with E-state index in [2.05, 4.69) is 86.8 Å². The van der Waals surface area contributed by atoms with Crippen LogP contribution < -0.4 is 0 Å². The first-order chi connectivity index (χ1) is 21.6. The Balaban J connectivity index is 3.67. The molecule has 0 saturated carbocycles. The van der Waals surface area contributed by atoms with Crippen LogP contribution in [0.5, 0.6) is 0 Å². The van der Waals surface area contributed by atoms with E-state index in [9.17, 15) is 14.7 Å². The molecule has 0 saturated heterocycles. The standard InChI is InChI=1S/C39H64O5/c1-3-5-7-9-11-13-15-17-19-21-23-25-27-29-31-33-38(41)43-36-37(35-40)44-39(42)34-32-30-28-26-24-22-20-18-16-14-12-10-8-6-4-2/h5-8,11-14,17-20,37,40H,3-4,9-10,15-16,21-36H2,1-2H3/b7-5-,8-6-,13-11-,14-12-,19-17-,20-18-/t37-/m1/s1. The Hall–Kier alpha value is -2.66. The van der Waals surface area contributed by atoms with Crippen molar-refractivity contribution in [2.24, 2.45) is 0 Å². The minimum atomic E-state index is -0.790. The summed E-state index contributed by atoms with van der Waals surface area (Å²) in [6, 6.07) is 0. The maximum atomic E-state index is 12.1. The third-order valence-electron chi connectivity index (χ3n) is 7.00. The van der Waals surface area contributed by atoms with E-state index in [4.69, 9.17) is 9.47 Å². The summed E-state index contributed by atoms with van der Waals surface area (Å²) < 4.78 is 10.5. The highest BCUT2D eigenvalue weighted by atomic mass is 16.6. The molecule has 0 aromatic heterocycles. The summed E-state index contributed by atoms with van der Waals surface area (Å²) in [5, 5.41) is 9.52. The summed E-state index contributed by atoms with van der Waals surface area (Å²) in [5.41, 5.74) is 0. The molecule has 0 radical (unpaired) electrons. The lowest BCUT2D eigenvalue weighted by molar-refractivity contribution is -0.161. The van der Waals surface area contributed by atoms with Crippen LogP contribution in [0, 0.1) is 0 Å². The molecule has 0 aromatic carbocycles. The minimum absolute atomic E-state index is 0.0861. The normalized spacial score (nSPS) is 13.1. The van der Waals surface area contributed by atoms with E-state index in [1.807, 2.05) is 0 Å². The number of esters is 2. The van der Waals surface area contributed by atoms with Gasteiger partial charge in [-0.3, -0.25) is 9.59 Å². The number of carbonyl (C=O) groups excluding carboxylic acids is 2. The molecule has 0 heterocycles. The fourth-order valence-corrected chi connectivity index (χ4v) is 4.40. The number of unbranched alkanes of at least 4 members (excludes halogenated alkanes) is 10. The molecule has 0 bridgehead atoms. The fourth-order valence-electron chi connectivity index (χ4n) is 4.40. The van der Waals surface area contributed by atoms with Crippen LogP contribution in [0.4, 0.5) is 0 Å². The van der Waals surface area contributed by atoms with E-state index >= 15 is 0 Å². The smallest absolute Gasteiger partial charge is 0.306 e. The van der Waals surface area contributed by atoms with Gasteiger partial charge in [-0.1, -0.05) is 125 Å². The maximum Gasteiger partial charge on any atom is 0.306 e. The van der Waals surface area contributed by atoms with Crippen LogP contribution in [0.15, 0.2) is 72.9 Å². The number of ether oxygens (including phenoxy) is 2. The number of hydrogen-bond acceptors (Lipinski definition) is 5. The van der Waals surface area contributed by atoms with Crippen LogP contribution in [0.3, 0.4) is 0 Å². The van der Waals surface area contributed by atoms with Crippen molar-refractivity contribution < 1.29 is 24.2 Å². The van der Waals surface area contributed by atoms with E-state index < -0.39 is 6.10 Å². The molecular formula is C39H64O5. The summed E-state index contributed by atoms with van der Waals surface area (Å²) in [6.45, 7) is 3.86. The molecule has 0 spiro atoms. The van der Waals surface area contributed by atoms with Gasteiger partial charge in [-0.15, -0.1) is 0 Å². The highest BCUT2D eigenvalue weighted by Gasteiger charge is 2.16. The van der Waals surface area contributed by atoms with Crippen LogP contribution >= 0.6 is 0 Å². The van der Waals surface area contributed by atoms with E-state index in [-0.39, 0.29) is 25.2 Å². The van der Waals surface area contributed by atoms with Crippen LogP contribution in [0.25, 0.3) is 0 Å². The molecule has 0 aliphatic heterocycles. The van der Waals surface area contributed by atoms with Gasteiger partial charge in [0.05, 0.1) is 6.61 Å². The SMILES string of the molecule is CC/C=C\C/C=C\C/C=C\CCCCCCCC(=O)OC[C@@H](CO)OC(=O)CCCCCCC/C=C\C/C=C\C/C=C\CC. The topological polar surface area (TPSA) is 72.8 Å². The average molecular weight is 613 g/mol. The number of carbonyl (C=O) groups is 2. The molecule has 0 aromatic rings. The Bertz CT molecular complexity index is 833. The number of aliphatic hydroxyl groups is 1. The number of rotatable bonds is 30. The maximum absolute atomic E-state index is 12.1. The van der Waals surface area contributed by atoms with Crippen LogP contribution in [0.1, 0.15) is 142 Å². The van der Waals surface area contributed by atoms with Gasteiger partial charge in [-0.25, -0.2) is 0 Å². The summed E-state index contributed by atoms with van der Waals surface area (Å²) >= 11 is 0. The zero-order valence-corrected chi connectivity index (χ0v) is 28.1. The first kappa shape index (κ1) is 41.3. The molecule has 1 N–H and O–H groups in total. The lowest BCUT2D eigenvalue weighted by Crippen LogP contribution is -2.28. The first-order valence-electron chi connectivity index (χ1n) is 17.5. The summed E-state index contributed by atoms with van der Waals surface area (Å²) in [4.78, 5) is 24.2. The summed E-state index contributed by atoms with van der Waals surface area (Å²) in [6.07, 6.45) is 45.2. The van der Waals surface area contributed by atoms with Crippen molar-refractivity contribution >= 4 is 11.9 Å². The molecule has 5 nitrogen and oxygen atoms in total. The van der Waals surface area contributed by atoms with Gasteiger partial charge in [-0.2, -0.15) is 0 Å². The van der Waals surface area contributed by atoms with Crippen LogP contribution in [0.2, 0.25) is 0 Å². The zero-order chi connectivity index (χ0) is 32.2. The van der Waals surface area contributed by atoms with Gasteiger partial charge < -0.3 is 14.6 Å². The minimum Gasteiger partial charge on any atom is -0.462 e. The molecule has 1 atom stereocenters. The molecule has 5 heteroatoms. The van der Waals surface area contributed by atoms with Crippen molar-refractivity contribution in [2.45, 2.75) is 148 Å². The van der Waals surface area contributed by atoms with Gasteiger partial charge in [0, 0.05) is 12.8 Å². The lowest BCUT2D eigenvalue weighted by atomic mass is 10.1. The number of hydrogen-bond donors (Lipinski definition) is 1. The van der Waals surface area contributed by atoms with Gasteiger partial charge in [0.15, 0.2) is 6.10 Å². The summed E-state index contributed by atoms with van der Waals surface area (Å²) in [5.74, 6) is -0.640. The van der Waals surface area contributed by atoms with Gasteiger partial charge >= 0.3 is 11.9 Å². The Morgan fingerprint density at radius 1 is 0.523 bits per heavy atom. The second-order valence-electron chi connectivity index (χ2n) is 11.2. The lowest BCUT2D eigenvalue weighted by Gasteiger charge is -2.15. The molecule has 0 aliphatic rings. The third kappa shape index (κ3) is 32.3. The van der Waals surface area contributed by atoms with E-state index in [0.717, 1.165) is 109 Å². The van der Waals surface area contributed by atoms with Crippen molar-refractivity contribution in [3.63, 3.8) is 0 Å². The van der Waals surface area contributed by atoms with Gasteiger partial charge in [0.2, 0.25) is 0 Å². The summed E-state index contributed by atoms with van der Waals surface area (Å²) in [7, 11) is 0. The Labute approximate surface area is 270 Å². The highest BCUT2D eigenvalue weighted by Crippen LogP contribution is 2.11. The monoisotopic (exact) mass is 612 g/mol. The predicted octanol–water partition coefficient (Wildman–Crippen LogP) is 10.6. The average Bonchev–Trinajstić information content (AvgIpc) is 3.02. The molecule has 0 aliphatic carbocycles. The van der Waals surface area contributed by atoms with Gasteiger partial charge in [0.1, 0.15) is 6.61 Å². The zero-order valence-electron chi connectivity index (χ0n) is 28.1. The van der Waals surface area contributed by atoms with Gasteiger partial charge in [-0.05, 0) is 77.0 Å². The van der Waals surface area contributed by atoms with Crippen molar-refractivity contribution in [3.05, 3.63) is 72.9 Å². The molecule has 0 unspecified atom stereocenters. The predicted molar refractivity (Wildman–Crippen MR) is 186 cm³/mol. The van der Waals surface area contributed by atoms with E-state index in [1.54, 1.807) is 0 Å². The van der Waals surface area contributed by atoms with Crippen LogP contribution in [-0.4, -0.2) is 36.4 Å². The van der Waals surface area contributed by atoms with E-state index in [0.29, 0.717) is 12.8 Å². The quantitative estimate of drug-likeness (QED) is 0.0496. The van der Waals surface area contributed by atoms with Crippen molar-refractivity contribution in [2.75, 3.05) is 13.2 Å². The van der Waals surface area contributed by atoms with E-state index in [1.165, 1.54) is 6.42 Å². The molecule has 0 fully saturated rings. The highest BCUT2D eigenvalue weighted by molar-refractivity contribution is 5.70. The molecule has 0 amide bonds. The fraction of sp³-hybridized carbons (Fsp3) is 0.641.